The number of carboxylic acids is 2. The molecule has 0 heterocycles. The Bertz CT molecular complexity index is 513. The number of nitro benzene ring substituents is 1. The van der Waals surface area contributed by atoms with Crippen molar-refractivity contribution in [3.8, 4) is 0 Å². The van der Waals surface area contributed by atoms with Gasteiger partial charge in [0.2, 0.25) is 0 Å². The summed E-state index contributed by atoms with van der Waals surface area (Å²) in [5.74, 6) is -2.47. The molecule has 3 N–H and O–H groups in total. The summed E-state index contributed by atoms with van der Waals surface area (Å²) in [5.41, 5.74) is -0.766. The van der Waals surface area contributed by atoms with Crippen LogP contribution in [0.2, 0.25) is 0 Å². The second kappa shape index (κ2) is 5.13. The molecule has 0 unspecified atom stereocenters. The molecular formula is C10H10N2O6. The fourth-order valence-corrected chi connectivity index (χ4v) is 1.23. The van der Waals surface area contributed by atoms with Crippen LogP contribution in [0.4, 0.5) is 11.4 Å². The van der Waals surface area contributed by atoms with Crippen LogP contribution in [0.5, 0.6) is 0 Å². The fourth-order valence-electron chi connectivity index (χ4n) is 1.23. The molecule has 0 saturated carbocycles. The summed E-state index contributed by atoms with van der Waals surface area (Å²) in [5, 5.41) is 30.6. The molecule has 0 saturated heterocycles. The van der Waals surface area contributed by atoms with Gasteiger partial charge in [0.15, 0.2) is 0 Å². The maximum atomic E-state index is 10.8. The number of hydrogen-bond acceptors (Lipinski definition) is 5. The number of aliphatic carboxylic acids is 1. The monoisotopic (exact) mass is 254 g/mol. The van der Waals surface area contributed by atoms with E-state index in [1.807, 2.05) is 0 Å². The number of benzene rings is 1. The molecule has 18 heavy (non-hydrogen) atoms. The molecule has 1 atom stereocenters. The minimum atomic E-state index is -1.30. The number of nitrogens with one attached hydrogen (secondary N) is 1. The van der Waals surface area contributed by atoms with Gasteiger partial charge in [-0.2, -0.15) is 0 Å². The molecule has 0 spiro atoms. The van der Waals surface area contributed by atoms with Gasteiger partial charge in [0.25, 0.3) is 5.69 Å². The minimum Gasteiger partial charge on any atom is -0.480 e. The van der Waals surface area contributed by atoms with Crippen LogP contribution < -0.4 is 5.32 Å². The number of nitro groups is 1. The van der Waals surface area contributed by atoms with Gasteiger partial charge in [0.05, 0.1) is 10.5 Å². The Morgan fingerprint density at radius 1 is 1.39 bits per heavy atom. The average molecular weight is 254 g/mol. The molecule has 96 valence electrons. The normalized spacial score (nSPS) is 11.6. The number of nitrogens with zero attached hydrogens (tertiary/aromatic N) is 1. The Balaban J connectivity index is 3.16. The molecule has 0 amide bonds. The van der Waals surface area contributed by atoms with E-state index < -0.39 is 28.6 Å². The van der Waals surface area contributed by atoms with Crippen LogP contribution in [-0.2, 0) is 4.79 Å². The first-order valence-corrected chi connectivity index (χ1v) is 4.84. The molecule has 0 aromatic heterocycles. The molecule has 0 fully saturated rings. The quantitative estimate of drug-likeness (QED) is 0.531. The molecule has 0 bridgehead atoms. The van der Waals surface area contributed by atoms with Crippen LogP contribution >= 0.6 is 0 Å². The van der Waals surface area contributed by atoms with Crippen LogP contribution in [0.25, 0.3) is 0 Å². The summed E-state index contributed by atoms with van der Waals surface area (Å²) in [4.78, 5) is 31.3. The second-order valence-corrected chi connectivity index (χ2v) is 3.50. The second-order valence-electron chi connectivity index (χ2n) is 3.50. The van der Waals surface area contributed by atoms with E-state index in [0.717, 1.165) is 12.1 Å². The summed E-state index contributed by atoms with van der Waals surface area (Å²) in [6.07, 6.45) is 0. The Morgan fingerprint density at radius 2 is 2.00 bits per heavy atom. The highest BCUT2D eigenvalue weighted by Crippen LogP contribution is 2.26. The van der Waals surface area contributed by atoms with E-state index in [4.69, 9.17) is 10.2 Å². The Kier molecular flexibility index (Phi) is 3.82. The summed E-state index contributed by atoms with van der Waals surface area (Å²) in [7, 11) is 0. The molecule has 8 nitrogen and oxygen atoms in total. The van der Waals surface area contributed by atoms with Gasteiger partial charge in [0.1, 0.15) is 11.7 Å². The Labute approximate surface area is 101 Å². The van der Waals surface area contributed by atoms with Crippen LogP contribution in [0.3, 0.4) is 0 Å². The summed E-state index contributed by atoms with van der Waals surface area (Å²) >= 11 is 0. The lowest BCUT2D eigenvalue weighted by atomic mass is 10.1. The molecular weight excluding hydrogens is 244 g/mol. The van der Waals surface area contributed by atoms with Crippen LogP contribution in [-0.4, -0.2) is 33.1 Å². The van der Waals surface area contributed by atoms with Crippen molar-refractivity contribution in [1.82, 2.24) is 0 Å². The number of carboxylic acid groups (broad SMARTS) is 2. The SMILES string of the molecule is C[C@H](Nc1ccc(C(=O)O)cc1[N+](=O)[O-])C(=O)O. The first-order chi connectivity index (χ1) is 8.32. The summed E-state index contributed by atoms with van der Waals surface area (Å²) in [6.45, 7) is 1.32. The third kappa shape index (κ3) is 2.94. The standard InChI is InChI=1S/C10H10N2O6/c1-5(9(13)14)11-7-3-2-6(10(15)16)4-8(7)12(17)18/h2-5,11H,1H3,(H,13,14)(H,15,16)/t5-/m0/s1. The lowest BCUT2D eigenvalue weighted by Gasteiger charge is -2.11. The number of aromatic carboxylic acids is 1. The first kappa shape index (κ1) is 13.4. The van der Waals surface area contributed by atoms with Crippen molar-refractivity contribution in [2.45, 2.75) is 13.0 Å². The smallest absolute Gasteiger partial charge is 0.335 e. The fraction of sp³-hybridized carbons (Fsp3) is 0.200. The number of rotatable bonds is 5. The molecule has 1 aromatic rings. The van der Waals surface area contributed by atoms with Gasteiger partial charge in [-0.1, -0.05) is 0 Å². The van der Waals surface area contributed by atoms with E-state index >= 15 is 0 Å². The van der Waals surface area contributed by atoms with E-state index in [1.54, 1.807) is 0 Å². The lowest BCUT2D eigenvalue weighted by molar-refractivity contribution is -0.384. The van der Waals surface area contributed by atoms with E-state index in [2.05, 4.69) is 5.32 Å². The Hall–Kier alpha value is -2.64. The topological polar surface area (TPSA) is 130 Å². The van der Waals surface area contributed by atoms with Crippen LogP contribution in [0.1, 0.15) is 17.3 Å². The van der Waals surface area contributed by atoms with Crippen molar-refractivity contribution < 1.29 is 24.7 Å². The van der Waals surface area contributed by atoms with Gasteiger partial charge in [-0.25, -0.2) is 4.79 Å². The van der Waals surface area contributed by atoms with Gasteiger partial charge < -0.3 is 15.5 Å². The molecule has 0 aliphatic rings. The van der Waals surface area contributed by atoms with Gasteiger partial charge in [0, 0.05) is 6.07 Å². The van der Waals surface area contributed by atoms with E-state index in [9.17, 15) is 19.7 Å². The predicted molar refractivity (Wildman–Crippen MR) is 60.8 cm³/mol. The third-order valence-electron chi connectivity index (χ3n) is 2.18. The minimum absolute atomic E-state index is 0.0418. The summed E-state index contributed by atoms with van der Waals surface area (Å²) in [6, 6.07) is 2.17. The highest BCUT2D eigenvalue weighted by molar-refractivity contribution is 5.90. The number of anilines is 1. The van der Waals surface area contributed by atoms with Crippen molar-refractivity contribution in [2.75, 3.05) is 5.32 Å². The van der Waals surface area contributed by atoms with Crippen molar-refractivity contribution in [2.24, 2.45) is 0 Å². The highest BCUT2D eigenvalue weighted by atomic mass is 16.6. The summed E-state index contributed by atoms with van der Waals surface area (Å²) < 4.78 is 0. The average Bonchev–Trinajstić information content (AvgIpc) is 2.28. The molecule has 0 aliphatic carbocycles. The number of carbonyl (C=O) groups is 2. The maximum absolute atomic E-state index is 10.8. The van der Waals surface area contributed by atoms with Gasteiger partial charge in [-0.15, -0.1) is 0 Å². The highest BCUT2D eigenvalue weighted by Gasteiger charge is 2.20. The zero-order chi connectivity index (χ0) is 13.9. The van der Waals surface area contributed by atoms with Gasteiger partial charge >= 0.3 is 11.9 Å². The predicted octanol–water partition coefficient (Wildman–Crippen LogP) is 1.18. The van der Waals surface area contributed by atoms with Crippen LogP contribution in [0, 0.1) is 10.1 Å². The molecule has 0 aliphatic heterocycles. The zero-order valence-electron chi connectivity index (χ0n) is 9.28. The first-order valence-electron chi connectivity index (χ1n) is 4.84. The molecule has 8 heteroatoms. The van der Waals surface area contributed by atoms with Crippen molar-refractivity contribution in [3.63, 3.8) is 0 Å². The van der Waals surface area contributed by atoms with Crippen molar-refractivity contribution in [1.29, 1.82) is 0 Å². The Morgan fingerprint density at radius 3 is 2.44 bits per heavy atom. The van der Waals surface area contributed by atoms with Crippen molar-refractivity contribution >= 4 is 23.3 Å². The maximum Gasteiger partial charge on any atom is 0.335 e. The number of hydrogen-bond donors (Lipinski definition) is 3. The van der Waals surface area contributed by atoms with Crippen molar-refractivity contribution in [3.05, 3.63) is 33.9 Å². The third-order valence-corrected chi connectivity index (χ3v) is 2.18. The van der Waals surface area contributed by atoms with E-state index in [1.165, 1.54) is 13.0 Å². The van der Waals surface area contributed by atoms with Crippen LogP contribution in [0.15, 0.2) is 18.2 Å². The molecule has 1 aromatic carbocycles. The molecule has 0 radical (unpaired) electrons. The van der Waals surface area contributed by atoms with E-state index in [0.29, 0.717) is 0 Å². The lowest BCUT2D eigenvalue weighted by Crippen LogP contribution is -2.25. The molecule has 1 rings (SSSR count). The zero-order valence-corrected chi connectivity index (χ0v) is 9.28. The van der Waals surface area contributed by atoms with Gasteiger partial charge in [-0.3, -0.25) is 14.9 Å². The van der Waals surface area contributed by atoms with Gasteiger partial charge in [-0.05, 0) is 19.1 Å². The largest absolute Gasteiger partial charge is 0.480 e. The van der Waals surface area contributed by atoms with E-state index in [-0.39, 0.29) is 11.3 Å².